The molecule has 0 saturated heterocycles. The molecule has 0 radical (unpaired) electrons. The van der Waals surface area contributed by atoms with E-state index in [9.17, 15) is 13.6 Å². The minimum atomic E-state index is -2.00. The fraction of sp³-hybridized carbons (Fsp3) is 0.909. The van der Waals surface area contributed by atoms with Crippen LogP contribution in [0, 0.1) is 5.92 Å². The third-order valence-electron chi connectivity index (χ3n) is 2.58. The minimum absolute atomic E-state index is 0.125. The number of carbonyl (C=O) groups excluding carboxylic acids is 1. The van der Waals surface area contributed by atoms with Crippen molar-refractivity contribution < 1.29 is 18.3 Å². The van der Waals surface area contributed by atoms with Gasteiger partial charge in [0.15, 0.2) is 0 Å². The quantitative estimate of drug-likeness (QED) is 0.356. The van der Waals surface area contributed by atoms with Gasteiger partial charge in [-0.1, -0.05) is 37.8 Å². The molecule has 16 heavy (non-hydrogen) atoms. The second-order valence-electron chi connectivity index (χ2n) is 3.83. The normalized spacial score (nSPS) is 12.8. The summed E-state index contributed by atoms with van der Waals surface area (Å²) < 4.78 is 25.5. The van der Waals surface area contributed by atoms with E-state index in [0.29, 0.717) is 31.8 Å². The zero-order valence-electron chi connectivity index (χ0n) is 10.1. The van der Waals surface area contributed by atoms with Crippen molar-refractivity contribution in [2.24, 2.45) is 5.92 Å². The van der Waals surface area contributed by atoms with Crippen LogP contribution in [0.4, 0.5) is 0 Å². The molecule has 0 aliphatic heterocycles. The van der Waals surface area contributed by atoms with Gasteiger partial charge >= 0.3 is 5.97 Å². The molecule has 0 heterocycles. The zero-order chi connectivity index (χ0) is 12.4. The summed E-state index contributed by atoms with van der Waals surface area (Å²) in [5, 5.41) is 0. The van der Waals surface area contributed by atoms with Crippen LogP contribution in [0.2, 0.25) is 0 Å². The van der Waals surface area contributed by atoms with Gasteiger partial charge in [0, 0.05) is 12.2 Å². The SMILES string of the molecule is CCC(CC)COC(=O)CCCCS(=O)[O-]. The molecule has 0 aromatic carbocycles. The topological polar surface area (TPSA) is 66.4 Å². The molecule has 0 spiro atoms. The van der Waals surface area contributed by atoms with Crippen molar-refractivity contribution in [2.75, 3.05) is 12.4 Å². The first kappa shape index (κ1) is 15.6. The highest BCUT2D eigenvalue weighted by Gasteiger charge is 2.07. The van der Waals surface area contributed by atoms with Gasteiger partial charge < -0.3 is 9.29 Å². The molecule has 0 bridgehead atoms. The molecule has 96 valence electrons. The maximum absolute atomic E-state index is 11.2. The van der Waals surface area contributed by atoms with Crippen LogP contribution in [0.25, 0.3) is 0 Å². The average molecular weight is 249 g/mol. The molecule has 0 N–H and O–H groups in total. The number of hydrogen-bond acceptors (Lipinski definition) is 4. The number of esters is 1. The summed E-state index contributed by atoms with van der Waals surface area (Å²) in [5.41, 5.74) is 0. The second kappa shape index (κ2) is 9.78. The van der Waals surface area contributed by atoms with Crippen LogP contribution >= 0.6 is 0 Å². The van der Waals surface area contributed by atoms with E-state index in [4.69, 9.17) is 4.74 Å². The molecule has 0 aromatic rings. The van der Waals surface area contributed by atoms with Crippen LogP contribution in [-0.4, -0.2) is 27.1 Å². The smallest absolute Gasteiger partial charge is 0.305 e. The highest BCUT2D eigenvalue weighted by atomic mass is 32.2. The largest absolute Gasteiger partial charge is 0.772 e. The van der Waals surface area contributed by atoms with E-state index in [-0.39, 0.29) is 11.7 Å². The van der Waals surface area contributed by atoms with Gasteiger partial charge in [0.2, 0.25) is 0 Å². The lowest BCUT2D eigenvalue weighted by molar-refractivity contribution is -0.145. The predicted molar refractivity (Wildman–Crippen MR) is 62.7 cm³/mol. The Morgan fingerprint density at radius 1 is 1.31 bits per heavy atom. The molecule has 1 atom stereocenters. The fourth-order valence-electron chi connectivity index (χ4n) is 1.30. The van der Waals surface area contributed by atoms with E-state index in [2.05, 4.69) is 13.8 Å². The zero-order valence-corrected chi connectivity index (χ0v) is 10.9. The van der Waals surface area contributed by atoms with Crippen LogP contribution in [0.1, 0.15) is 46.0 Å². The molecule has 1 unspecified atom stereocenters. The monoisotopic (exact) mass is 249 g/mol. The first-order valence-electron chi connectivity index (χ1n) is 5.81. The molecule has 4 nitrogen and oxygen atoms in total. The van der Waals surface area contributed by atoms with Gasteiger partial charge in [-0.3, -0.25) is 9.00 Å². The molecule has 5 heteroatoms. The molecular formula is C11H21O4S-. The number of ether oxygens (including phenoxy) is 1. The summed E-state index contributed by atoms with van der Waals surface area (Å²) in [5.74, 6) is 0.349. The van der Waals surface area contributed by atoms with E-state index >= 15 is 0 Å². The molecule has 0 fully saturated rings. The van der Waals surface area contributed by atoms with Gasteiger partial charge in [-0.15, -0.1) is 0 Å². The summed E-state index contributed by atoms with van der Waals surface area (Å²) >= 11 is -2.00. The van der Waals surface area contributed by atoms with Crippen molar-refractivity contribution in [2.45, 2.75) is 46.0 Å². The third kappa shape index (κ3) is 8.85. The van der Waals surface area contributed by atoms with E-state index in [1.54, 1.807) is 0 Å². The van der Waals surface area contributed by atoms with Crippen molar-refractivity contribution in [1.82, 2.24) is 0 Å². The fourth-order valence-corrected chi connectivity index (χ4v) is 1.74. The Morgan fingerprint density at radius 2 is 1.94 bits per heavy atom. The van der Waals surface area contributed by atoms with Crippen LogP contribution in [0.15, 0.2) is 0 Å². The second-order valence-corrected chi connectivity index (χ2v) is 4.85. The molecule has 0 aliphatic rings. The molecule has 0 aliphatic carbocycles. The average Bonchev–Trinajstić information content (AvgIpc) is 2.25. The van der Waals surface area contributed by atoms with Gasteiger partial charge in [-0.05, 0) is 18.8 Å². The maximum Gasteiger partial charge on any atom is 0.305 e. The standard InChI is InChI=1S/C11H22O4S/c1-3-10(4-2)9-15-11(12)7-5-6-8-16(13)14/h10H,3-9H2,1-2H3,(H,13,14)/p-1. The van der Waals surface area contributed by atoms with Crippen molar-refractivity contribution in [3.05, 3.63) is 0 Å². The van der Waals surface area contributed by atoms with Crippen molar-refractivity contribution in [1.29, 1.82) is 0 Å². The van der Waals surface area contributed by atoms with Crippen molar-refractivity contribution in [3.8, 4) is 0 Å². The third-order valence-corrected chi connectivity index (χ3v) is 3.20. The summed E-state index contributed by atoms with van der Waals surface area (Å²) in [4.78, 5) is 11.2. The summed E-state index contributed by atoms with van der Waals surface area (Å²) in [6.07, 6.45) is 3.45. The summed E-state index contributed by atoms with van der Waals surface area (Å²) in [6, 6.07) is 0. The minimum Gasteiger partial charge on any atom is -0.772 e. The lowest BCUT2D eigenvalue weighted by atomic mass is 10.1. The lowest BCUT2D eigenvalue weighted by Gasteiger charge is -2.12. The number of unbranched alkanes of at least 4 members (excludes halogenated alkanes) is 1. The van der Waals surface area contributed by atoms with Crippen LogP contribution in [-0.2, 0) is 20.6 Å². The van der Waals surface area contributed by atoms with E-state index in [0.717, 1.165) is 12.8 Å². The first-order chi connectivity index (χ1) is 7.60. The van der Waals surface area contributed by atoms with Gasteiger partial charge in [0.25, 0.3) is 0 Å². The summed E-state index contributed by atoms with van der Waals surface area (Å²) in [6.45, 7) is 4.64. The molecule has 0 aromatic heterocycles. The Kier molecular flexibility index (Phi) is 9.52. The van der Waals surface area contributed by atoms with E-state index < -0.39 is 11.1 Å². The lowest BCUT2D eigenvalue weighted by Crippen LogP contribution is -2.13. The van der Waals surface area contributed by atoms with E-state index in [1.165, 1.54) is 0 Å². The van der Waals surface area contributed by atoms with Gasteiger partial charge in [0.05, 0.1) is 6.61 Å². The maximum atomic E-state index is 11.2. The van der Waals surface area contributed by atoms with Gasteiger partial charge in [0.1, 0.15) is 0 Å². The predicted octanol–water partition coefficient (Wildman–Crippen LogP) is 2.02. The van der Waals surface area contributed by atoms with Gasteiger partial charge in [-0.2, -0.15) is 0 Å². The van der Waals surface area contributed by atoms with Crippen LogP contribution < -0.4 is 0 Å². The number of hydrogen-bond donors (Lipinski definition) is 0. The molecule has 0 amide bonds. The highest BCUT2D eigenvalue weighted by Crippen LogP contribution is 2.08. The van der Waals surface area contributed by atoms with Crippen molar-refractivity contribution in [3.63, 3.8) is 0 Å². The van der Waals surface area contributed by atoms with E-state index in [1.807, 2.05) is 0 Å². The number of carbonyl (C=O) groups is 1. The van der Waals surface area contributed by atoms with Crippen LogP contribution in [0.3, 0.4) is 0 Å². The molecule has 0 saturated carbocycles. The summed E-state index contributed by atoms with van der Waals surface area (Å²) in [7, 11) is 0. The van der Waals surface area contributed by atoms with Crippen LogP contribution in [0.5, 0.6) is 0 Å². The Labute approximate surface area is 100 Å². The molecule has 0 rings (SSSR count). The Bertz CT molecular complexity index is 214. The molecular weight excluding hydrogens is 228 g/mol. The Morgan fingerprint density at radius 3 is 2.44 bits per heavy atom. The highest BCUT2D eigenvalue weighted by molar-refractivity contribution is 7.79. The Balaban J connectivity index is 3.47. The van der Waals surface area contributed by atoms with Gasteiger partial charge in [-0.25, -0.2) is 0 Å². The van der Waals surface area contributed by atoms with Crippen molar-refractivity contribution >= 4 is 17.0 Å². The number of rotatable bonds is 9. The first-order valence-corrected chi connectivity index (χ1v) is 7.06. The Hall–Kier alpha value is -0.420.